The SMILES string of the molecule is CCNC(COc1ccc(C)cc1OC)C(=O)OC. The minimum Gasteiger partial charge on any atom is -0.493 e. The summed E-state index contributed by atoms with van der Waals surface area (Å²) in [5.41, 5.74) is 1.08. The van der Waals surface area contributed by atoms with E-state index in [1.54, 1.807) is 7.11 Å². The second kappa shape index (κ2) is 7.63. The summed E-state index contributed by atoms with van der Waals surface area (Å²) in [6.07, 6.45) is 0. The Kier molecular flexibility index (Phi) is 6.15. The smallest absolute Gasteiger partial charge is 0.326 e. The molecule has 1 aromatic carbocycles. The van der Waals surface area contributed by atoms with Crippen LogP contribution in [0, 0.1) is 6.92 Å². The van der Waals surface area contributed by atoms with Gasteiger partial charge in [-0.05, 0) is 31.2 Å². The van der Waals surface area contributed by atoms with Crippen molar-refractivity contribution in [1.29, 1.82) is 0 Å². The van der Waals surface area contributed by atoms with Gasteiger partial charge >= 0.3 is 5.97 Å². The molecule has 0 saturated carbocycles. The Hall–Kier alpha value is -1.75. The summed E-state index contributed by atoms with van der Waals surface area (Å²) in [5.74, 6) is 0.924. The number of aryl methyl sites for hydroxylation is 1. The van der Waals surface area contributed by atoms with E-state index in [0.717, 1.165) is 5.56 Å². The van der Waals surface area contributed by atoms with E-state index < -0.39 is 6.04 Å². The van der Waals surface area contributed by atoms with Gasteiger partial charge in [-0.15, -0.1) is 0 Å². The van der Waals surface area contributed by atoms with Crippen molar-refractivity contribution in [3.05, 3.63) is 23.8 Å². The quantitative estimate of drug-likeness (QED) is 0.759. The van der Waals surface area contributed by atoms with Crippen LogP contribution in [0.2, 0.25) is 0 Å². The fourth-order valence-electron chi connectivity index (χ4n) is 1.67. The van der Waals surface area contributed by atoms with Crippen molar-refractivity contribution in [1.82, 2.24) is 5.32 Å². The second-order valence-corrected chi connectivity index (χ2v) is 4.10. The molecule has 0 radical (unpaired) electrons. The monoisotopic (exact) mass is 267 g/mol. The molecular weight excluding hydrogens is 246 g/mol. The van der Waals surface area contributed by atoms with Gasteiger partial charge in [0.1, 0.15) is 12.6 Å². The Bertz CT molecular complexity index is 420. The topological polar surface area (TPSA) is 56.8 Å². The van der Waals surface area contributed by atoms with Crippen LogP contribution in [0.15, 0.2) is 18.2 Å². The maximum absolute atomic E-state index is 11.5. The lowest BCUT2D eigenvalue weighted by atomic mass is 10.2. The van der Waals surface area contributed by atoms with Gasteiger partial charge in [0.2, 0.25) is 0 Å². The highest BCUT2D eigenvalue weighted by Crippen LogP contribution is 2.27. The third-order valence-corrected chi connectivity index (χ3v) is 2.66. The fraction of sp³-hybridized carbons (Fsp3) is 0.500. The number of benzene rings is 1. The van der Waals surface area contributed by atoms with Gasteiger partial charge in [0, 0.05) is 0 Å². The number of ether oxygens (including phenoxy) is 3. The molecule has 0 amide bonds. The van der Waals surface area contributed by atoms with Crippen LogP contribution < -0.4 is 14.8 Å². The minimum atomic E-state index is -0.485. The van der Waals surface area contributed by atoms with E-state index in [0.29, 0.717) is 18.0 Å². The number of esters is 1. The van der Waals surface area contributed by atoms with Crippen molar-refractivity contribution in [2.75, 3.05) is 27.4 Å². The summed E-state index contributed by atoms with van der Waals surface area (Å²) in [4.78, 5) is 11.5. The maximum Gasteiger partial charge on any atom is 0.326 e. The first kappa shape index (κ1) is 15.3. The van der Waals surface area contributed by atoms with Crippen LogP contribution in [0.1, 0.15) is 12.5 Å². The summed E-state index contributed by atoms with van der Waals surface area (Å²) in [6.45, 7) is 4.75. The van der Waals surface area contributed by atoms with Crippen molar-refractivity contribution in [3.63, 3.8) is 0 Å². The molecule has 0 bridgehead atoms. The zero-order valence-electron chi connectivity index (χ0n) is 11.9. The molecular formula is C14H21NO4. The highest BCUT2D eigenvalue weighted by molar-refractivity contribution is 5.75. The maximum atomic E-state index is 11.5. The molecule has 5 heteroatoms. The number of methoxy groups -OCH3 is 2. The highest BCUT2D eigenvalue weighted by atomic mass is 16.5. The molecule has 0 aliphatic heterocycles. The summed E-state index contributed by atoms with van der Waals surface area (Å²) in [7, 11) is 2.95. The summed E-state index contributed by atoms with van der Waals surface area (Å²) < 4.78 is 15.6. The Morgan fingerprint density at radius 3 is 2.63 bits per heavy atom. The third kappa shape index (κ3) is 4.44. The van der Waals surface area contributed by atoms with Crippen molar-refractivity contribution in [2.24, 2.45) is 0 Å². The molecule has 1 unspecified atom stereocenters. The summed E-state index contributed by atoms with van der Waals surface area (Å²) in [6, 6.07) is 5.16. The number of carbonyl (C=O) groups excluding carboxylic acids is 1. The van der Waals surface area contributed by atoms with Crippen LogP contribution in [-0.4, -0.2) is 39.4 Å². The first-order valence-electron chi connectivity index (χ1n) is 6.21. The van der Waals surface area contributed by atoms with E-state index >= 15 is 0 Å². The summed E-state index contributed by atoms with van der Waals surface area (Å²) >= 11 is 0. The van der Waals surface area contributed by atoms with Gasteiger partial charge < -0.3 is 19.5 Å². The second-order valence-electron chi connectivity index (χ2n) is 4.10. The number of rotatable bonds is 7. The van der Waals surface area contributed by atoms with Crippen molar-refractivity contribution < 1.29 is 19.0 Å². The Morgan fingerprint density at radius 2 is 2.05 bits per heavy atom. The Balaban J connectivity index is 2.70. The molecule has 0 aliphatic rings. The largest absolute Gasteiger partial charge is 0.493 e. The lowest BCUT2D eigenvalue weighted by Gasteiger charge is -2.17. The van der Waals surface area contributed by atoms with Crippen LogP contribution >= 0.6 is 0 Å². The van der Waals surface area contributed by atoms with Gasteiger partial charge in [0.05, 0.1) is 14.2 Å². The average Bonchev–Trinajstić information content (AvgIpc) is 2.43. The van der Waals surface area contributed by atoms with Crippen LogP contribution in [0.5, 0.6) is 11.5 Å². The molecule has 0 aliphatic carbocycles. The number of hydrogen-bond donors (Lipinski definition) is 1. The van der Waals surface area contributed by atoms with Gasteiger partial charge in [-0.25, -0.2) is 0 Å². The third-order valence-electron chi connectivity index (χ3n) is 2.66. The zero-order valence-corrected chi connectivity index (χ0v) is 11.9. The van der Waals surface area contributed by atoms with E-state index in [9.17, 15) is 4.79 Å². The van der Waals surface area contributed by atoms with Crippen molar-refractivity contribution in [3.8, 4) is 11.5 Å². The zero-order chi connectivity index (χ0) is 14.3. The summed E-state index contributed by atoms with van der Waals surface area (Å²) in [5, 5.41) is 3.01. The minimum absolute atomic E-state index is 0.194. The molecule has 0 heterocycles. The lowest BCUT2D eigenvalue weighted by molar-refractivity contribution is -0.143. The molecule has 1 atom stereocenters. The molecule has 106 valence electrons. The van der Waals surface area contributed by atoms with Crippen LogP contribution in [0.25, 0.3) is 0 Å². The molecule has 0 fully saturated rings. The van der Waals surface area contributed by atoms with Crippen LogP contribution in [0.3, 0.4) is 0 Å². The predicted molar refractivity (Wildman–Crippen MR) is 72.7 cm³/mol. The highest BCUT2D eigenvalue weighted by Gasteiger charge is 2.19. The standard InChI is InChI=1S/C14H21NO4/c1-5-15-11(14(16)18-4)9-19-12-7-6-10(2)8-13(12)17-3/h6-8,11,15H,5,9H2,1-4H3. The molecule has 1 rings (SSSR count). The average molecular weight is 267 g/mol. The molecule has 19 heavy (non-hydrogen) atoms. The predicted octanol–water partition coefficient (Wildman–Crippen LogP) is 1.53. The first-order valence-corrected chi connectivity index (χ1v) is 6.21. The van der Waals surface area contributed by atoms with Crippen LogP contribution in [-0.2, 0) is 9.53 Å². The molecule has 0 aromatic heterocycles. The van der Waals surface area contributed by atoms with Crippen molar-refractivity contribution >= 4 is 5.97 Å². The molecule has 0 spiro atoms. The first-order chi connectivity index (χ1) is 9.12. The number of hydrogen-bond acceptors (Lipinski definition) is 5. The Labute approximate surface area is 113 Å². The number of likely N-dealkylation sites (N-methyl/N-ethyl adjacent to an activating group) is 1. The van der Waals surface area contributed by atoms with Gasteiger partial charge in [0.15, 0.2) is 11.5 Å². The number of nitrogens with one attached hydrogen (secondary N) is 1. The van der Waals surface area contributed by atoms with Crippen LogP contribution in [0.4, 0.5) is 0 Å². The normalized spacial score (nSPS) is 11.8. The molecule has 5 nitrogen and oxygen atoms in total. The van der Waals surface area contributed by atoms with E-state index in [1.165, 1.54) is 7.11 Å². The van der Waals surface area contributed by atoms with E-state index in [-0.39, 0.29) is 12.6 Å². The van der Waals surface area contributed by atoms with Gasteiger partial charge in [-0.1, -0.05) is 13.0 Å². The lowest BCUT2D eigenvalue weighted by Crippen LogP contribution is -2.42. The van der Waals surface area contributed by atoms with Gasteiger partial charge in [-0.3, -0.25) is 4.79 Å². The fourth-order valence-corrected chi connectivity index (χ4v) is 1.67. The van der Waals surface area contributed by atoms with E-state index in [2.05, 4.69) is 5.32 Å². The molecule has 0 saturated heterocycles. The van der Waals surface area contributed by atoms with Gasteiger partial charge in [0.25, 0.3) is 0 Å². The van der Waals surface area contributed by atoms with E-state index in [4.69, 9.17) is 14.2 Å². The Morgan fingerprint density at radius 1 is 1.32 bits per heavy atom. The molecule has 1 aromatic rings. The van der Waals surface area contributed by atoms with Gasteiger partial charge in [-0.2, -0.15) is 0 Å². The number of carbonyl (C=O) groups is 1. The van der Waals surface area contributed by atoms with E-state index in [1.807, 2.05) is 32.0 Å². The van der Waals surface area contributed by atoms with Crippen molar-refractivity contribution in [2.45, 2.75) is 19.9 Å². The molecule has 1 N–H and O–H groups in total.